The lowest BCUT2D eigenvalue weighted by Crippen LogP contribution is -2.49. The third-order valence-electron chi connectivity index (χ3n) is 5.53. The lowest BCUT2D eigenvalue weighted by atomic mass is 10.1. The zero-order valence-corrected chi connectivity index (χ0v) is 17.6. The third-order valence-corrected chi connectivity index (χ3v) is 5.53. The summed E-state index contributed by atoms with van der Waals surface area (Å²) in [5, 5.41) is 4.54. The molecule has 1 aliphatic rings. The molecule has 0 spiro atoms. The molecule has 3 aromatic rings. The summed E-state index contributed by atoms with van der Waals surface area (Å²) in [6, 6.07) is 20.5. The predicted molar refractivity (Wildman–Crippen MR) is 120 cm³/mol. The fourth-order valence-corrected chi connectivity index (χ4v) is 3.71. The molecule has 0 bridgehead atoms. The molecule has 4 rings (SSSR count). The molecule has 0 radical (unpaired) electrons. The first-order valence-corrected chi connectivity index (χ1v) is 10.5. The molecule has 31 heavy (non-hydrogen) atoms. The van der Waals surface area contributed by atoms with Crippen molar-refractivity contribution < 1.29 is 9.53 Å². The van der Waals surface area contributed by atoms with Gasteiger partial charge in [0, 0.05) is 38.7 Å². The average Bonchev–Trinajstić information content (AvgIpc) is 2.84. The number of anilines is 1. The zero-order valence-electron chi connectivity index (χ0n) is 17.6. The van der Waals surface area contributed by atoms with E-state index < -0.39 is 0 Å². The fraction of sp³-hybridized carbons (Fsp3) is 0.292. The molecule has 1 aromatic heterocycles. The Bertz CT molecular complexity index is 1070. The summed E-state index contributed by atoms with van der Waals surface area (Å²) < 4.78 is 6.59. The Labute approximate surface area is 181 Å². The summed E-state index contributed by atoms with van der Waals surface area (Å²) in [7, 11) is 1.64. The number of para-hydroxylation sites is 1. The second-order valence-corrected chi connectivity index (χ2v) is 7.49. The number of carbonyl (C=O) groups is 1. The third kappa shape index (κ3) is 4.94. The van der Waals surface area contributed by atoms with Gasteiger partial charge in [0.1, 0.15) is 11.6 Å². The van der Waals surface area contributed by atoms with Gasteiger partial charge in [-0.1, -0.05) is 30.3 Å². The number of benzene rings is 2. The molecule has 0 saturated carbocycles. The summed E-state index contributed by atoms with van der Waals surface area (Å²) in [6.45, 7) is 2.67. The number of aryl methyl sites for hydroxylation is 1. The van der Waals surface area contributed by atoms with Gasteiger partial charge in [-0.15, -0.1) is 5.10 Å². The number of carbonyl (C=O) groups excluding carboxylic acids is 1. The van der Waals surface area contributed by atoms with Crippen molar-refractivity contribution in [3.63, 3.8) is 0 Å². The Hall–Kier alpha value is -3.61. The maximum atomic E-state index is 12.6. The van der Waals surface area contributed by atoms with Crippen LogP contribution in [0.2, 0.25) is 0 Å². The van der Waals surface area contributed by atoms with E-state index in [-0.39, 0.29) is 11.5 Å². The van der Waals surface area contributed by atoms with Gasteiger partial charge in [0.25, 0.3) is 5.56 Å². The average molecular weight is 418 g/mol. The second-order valence-electron chi connectivity index (χ2n) is 7.49. The van der Waals surface area contributed by atoms with Gasteiger partial charge in [-0.2, -0.15) is 4.68 Å². The number of amides is 1. The first-order chi connectivity index (χ1) is 15.1. The van der Waals surface area contributed by atoms with E-state index in [1.54, 1.807) is 19.2 Å². The van der Waals surface area contributed by atoms with Gasteiger partial charge in [-0.25, -0.2) is 0 Å². The van der Waals surface area contributed by atoms with Gasteiger partial charge >= 0.3 is 0 Å². The van der Waals surface area contributed by atoms with Crippen molar-refractivity contribution in [2.75, 3.05) is 38.2 Å². The highest BCUT2D eigenvalue weighted by molar-refractivity contribution is 5.76. The standard InChI is InChI=1S/C24H26N4O3/c1-31-21-10-7-19(8-11-21)9-13-23(29)27-17-15-26(16-18-27)22-12-14-24(30)28(25-22)20-5-3-2-4-6-20/h2-8,10-12,14H,9,13,15-18H2,1H3. The topological polar surface area (TPSA) is 67.7 Å². The van der Waals surface area contributed by atoms with Crippen LogP contribution in [-0.4, -0.2) is 53.9 Å². The van der Waals surface area contributed by atoms with Gasteiger partial charge in [0.2, 0.25) is 5.91 Å². The molecule has 7 nitrogen and oxygen atoms in total. The number of piperazine rings is 1. The van der Waals surface area contributed by atoms with E-state index in [4.69, 9.17) is 4.74 Å². The number of aromatic nitrogens is 2. The van der Waals surface area contributed by atoms with Crippen molar-refractivity contribution in [3.8, 4) is 11.4 Å². The van der Waals surface area contributed by atoms with Gasteiger partial charge in [-0.05, 0) is 42.3 Å². The summed E-state index contributed by atoms with van der Waals surface area (Å²) in [5.74, 6) is 1.73. The lowest BCUT2D eigenvalue weighted by molar-refractivity contribution is -0.131. The lowest BCUT2D eigenvalue weighted by Gasteiger charge is -2.35. The van der Waals surface area contributed by atoms with Crippen molar-refractivity contribution in [2.45, 2.75) is 12.8 Å². The molecule has 0 atom stereocenters. The monoisotopic (exact) mass is 418 g/mol. The van der Waals surface area contributed by atoms with E-state index in [9.17, 15) is 9.59 Å². The van der Waals surface area contributed by atoms with Gasteiger partial charge in [-0.3, -0.25) is 9.59 Å². The minimum Gasteiger partial charge on any atom is -0.497 e. The van der Waals surface area contributed by atoms with Crippen molar-refractivity contribution in [1.82, 2.24) is 14.7 Å². The summed E-state index contributed by atoms with van der Waals surface area (Å²) in [5.41, 5.74) is 1.70. The molecule has 2 heterocycles. The van der Waals surface area contributed by atoms with Gasteiger partial charge in [0.15, 0.2) is 0 Å². The van der Waals surface area contributed by atoms with E-state index in [1.165, 1.54) is 4.68 Å². The normalized spacial score (nSPS) is 13.8. The molecule has 0 unspecified atom stereocenters. The molecule has 1 aliphatic heterocycles. The predicted octanol–water partition coefficient (Wildman–Crippen LogP) is 2.52. The number of hydrogen-bond acceptors (Lipinski definition) is 5. The summed E-state index contributed by atoms with van der Waals surface area (Å²) in [6.07, 6.45) is 1.20. The molecule has 7 heteroatoms. The van der Waals surface area contributed by atoms with Crippen LogP contribution in [0, 0.1) is 0 Å². The minimum atomic E-state index is -0.165. The summed E-state index contributed by atoms with van der Waals surface area (Å²) in [4.78, 5) is 28.9. The second kappa shape index (κ2) is 9.47. The largest absolute Gasteiger partial charge is 0.497 e. The molecule has 1 amide bonds. The van der Waals surface area contributed by atoms with Crippen molar-refractivity contribution in [3.05, 3.63) is 82.6 Å². The Balaban J connectivity index is 1.34. The van der Waals surface area contributed by atoms with Crippen LogP contribution < -0.4 is 15.2 Å². The first kappa shape index (κ1) is 20.7. The quantitative estimate of drug-likeness (QED) is 0.615. The highest BCUT2D eigenvalue weighted by atomic mass is 16.5. The SMILES string of the molecule is COc1ccc(CCC(=O)N2CCN(c3ccc(=O)n(-c4ccccc4)n3)CC2)cc1. The van der Waals surface area contributed by atoms with Crippen LogP contribution in [0.25, 0.3) is 5.69 Å². The number of nitrogens with zero attached hydrogens (tertiary/aromatic N) is 4. The van der Waals surface area contributed by atoms with E-state index in [0.29, 0.717) is 39.0 Å². The van der Waals surface area contributed by atoms with Crippen LogP contribution in [0.4, 0.5) is 5.82 Å². The fourth-order valence-electron chi connectivity index (χ4n) is 3.71. The van der Waals surface area contributed by atoms with Crippen LogP contribution in [0.1, 0.15) is 12.0 Å². The molecule has 0 N–H and O–H groups in total. The first-order valence-electron chi connectivity index (χ1n) is 10.5. The van der Waals surface area contributed by atoms with Crippen LogP contribution >= 0.6 is 0 Å². The Morgan fingerprint density at radius 2 is 1.65 bits per heavy atom. The Kier molecular flexibility index (Phi) is 6.31. The van der Waals surface area contributed by atoms with Crippen molar-refractivity contribution in [1.29, 1.82) is 0 Å². The minimum absolute atomic E-state index is 0.165. The van der Waals surface area contributed by atoms with E-state index in [1.807, 2.05) is 59.5 Å². The molecule has 1 saturated heterocycles. The molecular formula is C24H26N4O3. The number of ether oxygens (including phenoxy) is 1. The number of methoxy groups -OCH3 is 1. The maximum Gasteiger partial charge on any atom is 0.271 e. The molecule has 160 valence electrons. The van der Waals surface area contributed by atoms with Crippen LogP contribution in [0.15, 0.2) is 71.5 Å². The molecule has 2 aromatic carbocycles. The number of rotatable bonds is 6. The number of hydrogen-bond donors (Lipinski definition) is 0. The van der Waals surface area contributed by atoms with E-state index in [0.717, 1.165) is 22.8 Å². The maximum absolute atomic E-state index is 12.6. The highest BCUT2D eigenvalue weighted by Gasteiger charge is 2.22. The van der Waals surface area contributed by atoms with Crippen LogP contribution in [0.3, 0.4) is 0 Å². The van der Waals surface area contributed by atoms with Gasteiger partial charge in [0.05, 0.1) is 12.8 Å². The zero-order chi connectivity index (χ0) is 21.6. The molecule has 1 fully saturated rings. The van der Waals surface area contributed by atoms with Crippen molar-refractivity contribution in [2.24, 2.45) is 0 Å². The van der Waals surface area contributed by atoms with Gasteiger partial charge < -0.3 is 14.5 Å². The summed E-state index contributed by atoms with van der Waals surface area (Å²) >= 11 is 0. The Morgan fingerprint density at radius 1 is 0.935 bits per heavy atom. The Morgan fingerprint density at radius 3 is 2.32 bits per heavy atom. The molecule has 0 aliphatic carbocycles. The van der Waals surface area contributed by atoms with Crippen LogP contribution in [0.5, 0.6) is 5.75 Å². The molecular weight excluding hydrogens is 392 g/mol. The van der Waals surface area contributed by atoms with E-state index >= 15 is 0 Å². The highest BCUT2D eigenvalue weighted by Crippen LogP contribution is 2.16. The smallest absolute Gasteiger partial charge is 0.271 e. The van der Waals surface area contributed by atoms with Crippen LogP contribution in [-0.2, 0) is 11.2 Å². The van der Waals surface area contributed by atoms with Crippen molar-refractivity contribution >= 4 is 11.7 Å². The van der Waals surface area contributed by atoms with E-state index in [2.05, 4.69) is 10.00 Å².